The van der Waals surface area contributed by atoms with E-state index in [1.165, 1.54) is 12.3 Å². The molecule has 6 nitrogen and oxygen atoms in total. The Morgan fingerprint density at radius 1 is 0.968 bits per heavy atom. The van der Waals surface area contributed by atoms with Gasteiger partial charge in [0.1, 0.15) is 23.0 Å². The first-order valence-corrected chi connectivity index (χ1v) is 9.86. The van der Waals surface area contributed by atoms with Crippen LogP contribution in [0.2, 0.25) is 0 Å². The van der Waals surface area contributed by atoms with Crippen LogP contribution in [0.25, 0.3) is 0 Å². The molecule has 4 rings (SSSR count). The van der Waals surface area contributed by atoms with E-state index in [4.69, 9.17) is 0 Å². The van der Waals surface area contributed by atoms with Crippen molar-refractivity contribution in [1.82, 2.24) is 10.3 Å². The number of rotatable bonds is 6. The Bertz CT molecular complexity index is 1100. The highest BCUT2D eigenvalue weighted by atomic mass is 19.1. The molecule has 0 aliphatic carbocycles. The summed E-state index contributed by atoms with van der Waals surface area (Å²) in [6.45, 7) is 1.07. The van der Waals surface area contributed by atoms with E-state index in [0.29, 0.717) is 24.5 Å². The molecule has 2 N–H and O–H groups in total. The first-order valence-electron chi connectivity index (χ1n) is 9.86. The molecule has 3 aromatic rings. The third kappa shape index (κ3) is 4.37. The molecule has 2 heterocycles. The summed E-state index contributed by atoms with van der Waals surface area (Å²) in [6, 6.07) is 14.5. The summed E-state index contributed by atoms with van der Waals surface area (Å²) in [6.07, 6.45) is 2.33. The van der Waals surface area contributed by atoms with Gasteiger partial charge in [0.2, 0.25) is 0 Å². The number of para-hydroxylation sites is 1. The van der Waals surface area contributed by atoms with E-state index in [1.807, 2.05) is 24.3 Å². The number of benzene rings is 2. The predicted molar refractivity (Wildman–Crippen MR) is 113 cm³/mol. The minimum Gasteiger partial charge on any atom is -0.368 e. The minimum atomic E-state index is -0.909. The topological polar surface area (TPSA) is 74.3 Å². The van der Waals surface area contributed by atoms with E-state index in [9.17, 15) is 18.4 Å². The Morgan fingerprint density at radius 3 is 2.48 bits per heavy atom. The summed E-state index contributed by atoms with van der Waals surface area (Å²) >= 11 is 0. The second-order valence-electron chi connectivity index (χ2n) is 7.05. The number of anilines is 2. The van der Waals surface area contributed by atoms with Crippen molar-refractivity contribution in [2.24, 2.45) is 0 Å². The number of fused-ring (bicyclic) bond motifs is 1. The van der Waals surface area contributed by atoms with E-state index in [2.05, 4.69) is 15.6 Å². The lowest BCUT2D eigenvalue weighted by molar-refractivity contribution is 0.0945. The van der Waals surface area contributed by atoms with Crippen LogP contribution in [0.3, 0.4) is 0 Å². The smallest absolute Gasteiger partial charge is 0.259 e. The largest absolute Gasteiger partial charge is 0.368 e. The van der Waals surface area contributed by atoms with Gasteiger partial charge in [-0.25, -0.2) is 13.8 Å². The zero-order valence-corrected chi connectivity index (χ0v) is 16.6. The van der Waals surface area contributed by atoms with E-state index in [-0.39, 0.29) is 12.5 Å². The van der Waals surface area contributed by atoms with Gasteiger partial charge in [0.05, 0.1) is 5.56 Å². The Hall–Kier alpha value is -3.81. The SMILES string of the molecule is O=C(NCCNc1ccc(C(=O)N2CCc3ccccc32)cn1)c1c(F)cccc1F. The number of pyridine rings is 1. The second-order valence-corrected chi connectivity index (χ2v) is 7.05. The van der Waals surface area contributed by atoms with Crippen molar-refractivity contribution in [3.8, 4) is 0 Å². The number of nitrogens with zero attached hydrogens (tertiary/aromatic N) is 2. The van der Waals surface area contributed by atoms with Crippen molar-refractivity contribution in [3.63, 3.8) is 0 Å². The summed E-state index contributed by atoms with van der Waals surface area (Å²) in [5.41, 5.74) is 1.95. The number of hydrogen-bond donors (Lipinski definition) is 2. The lowest BCUT2D eigenvalue weighted by Crippen LogP contribution is -2.30. The van der Waals surface area contributed by atoms with Gasteiger partial charge in [-0.2, -0.15) is 0 Å². The molecule has 0 unspecified atom stereocenters. The maximum absolute atomic E-state index is 13.6. The fraction of sp³-hybridized carbons (Fsp3) is 0.174. The standard InChI is InChI=1S/C23H20F2N4O2/c24-17-5-3-6-18(25)21(17)22(30)27-12-11-26-20-9-8-16(14-28-20)23(31)29-13-10-15-4-1-2-7-19(15)29/h1-9,14H,10-13H2,(H,26,28)(H,27,30). The summed E-state index contributed by atoms with van der Waals surface area (Å²) in [5, 5.41) is 5.45. The Kier molecular flexibility index (Phi) is 5.88. The quantitative estimate of drug-likeness (QED) is 0.597. The molecule has 1 aliphatic rings. The highest BCUT2D eigenvalue weighted by Crippen LogP contribution is 2.28. The van der Waals surface area contributed by atoms with Gasteiger partial charge in [-0.1, -0.05) is 24.3 Å². The molecule has 0 atom stereocenters. The zero-order chi connectivity index (χ0) is 21.8. The van der Waals surface area contributed by atoms with Crippen molar-refractivity contribution < 1.29 is 18.4 Å². The molecule has 1 aromatic heterocycles. The van der Waals surface area contributed by atoms with Gasteiger partial charge in [0.15, 0.2) is 0 Å². The van der Waals surface area contributed by atoms with Crippen molar-refractivity contribution in [2.45, 2.75) is 6.42 Å². The summed E-state index contributed by atoms with van der Waals surface area (Å²) in [7, 11) is 0. The molecule has 158 valence electrons. The van der Waals surface area contributed by atoms with Crippen molar-refractivity contribution in [1.29, 1.82) is 0 Å². The molecule has 0 bridgehead atoms. The molecule has 31 heavy (non-hydrogen) atoms. The van der Waals surface area contributed by atoms with Crippen LogP contribution < -0.4 is 15.5 Å². The van der Waals surface area contributed by atoms with Crippen LogP contribution in [0.5, 0.6) is 0 Å². The van der Waals surface area contributed by atoms with Crippen LogP contribution in [0, 0.1) is 11.6 Å². The van der Waals surface area contributed by atoms with Crippen LogP contribution in [0.4, 0.5) is 20.3 Å². The van der Waals surface area contributed by atoms with Gasteiger partial charge >= 0.3 is 0 Å². The maximum atomic E-state index is 13.6. The lowest BCUT2D eigenvalue weighted by Gasteiger charge is -2.17. The first kappa shape index (κ1) is 20.5. The van der Waals surface area contributed by atoms with Crippen LogP contribution >= 0.6 is 0 Å². The fourth-order valence-corrected chi connectivity index (χ4v) is 3.50. The summed E-state index contributed by atoms with van der Waals surface area (Å²) < 4.78 is 27.2. The highest BCUT2D eigenvalue weighted by molar-refractivity contribution is 6.07. The molecule has 0 saturated heterocycles. The van der Waals surface area contributed by atoms with Gasteiger partial charge in [-0.15, -0.1) is 0 Å². The molecule has 2 aromatic carbocycles. The third-order valence-electron chi connectivity index (χ3n) is 5.05. The number of carbonyl (C=O) groups excluding carboxylic acids is 2. The molecular formula is C23H20F2N4O2. The molecule has 1 aliphatic heterocycles. The molecular weight excluding hydrogens is 402 g/mol. The van der Waals surface area contributed by atoms with Gasteiger partial charge in [0.25, 0.3) is 11.8 Å². The Morgan fingerprint density at radius 2 is 1.74 bits per heavy atom. The summed E-state index contributed by atoms with van der Waals surface area (Å²) in [5.74, 6) is -2.23. The molecule has 0 fully saturated rings. The van der Waals surface area contributed by atoms with Crippen molar-refractivity contribution in [2.75, 3.05) is 29.9 Å². The predicted octanol–water partition coefficient (Wildman–Crippen LogP) is 3.40. The Balaban J connectivity index is 1.29. The van der Waals surface area contributed by atoms with Crippen LogP contribution in [-0.4, -0.2) is 36.4 Å². The van der Waals surface area contributed by atoms with E-state index in [0.717, 1.165) is 29.8 Å². The van der Waals surface area contributed by atoms with Crippen molar-refractivity contribution in [3.05, 3.63) is 89.1 Å². The lowest BCUT2D eigenvalue weighted by atomic mass is 10.2. The fourth-order valence-electron chi connectivity index (χ4n) is 3.50. The average Bonchev–Trinajstić information content (AvgIpc) is 3.21. The molecule has 8 heteroatoms. The summed E-state index contributed by atoms with van der Waals surface area (Å²) in [4.78, 5) is 30.7. The molecule has 2 amide bonds. The van der Waals surface area contributed by atoms with Gasteiger partial charge in [-0.05, 0) is 42.3 Å². The second kappa shape index (κ2) is 8.91. The van der Waals surface area contributed by atoms with Gasteiger partial charge in [0, 0.05) is 31.5 Å². The maximum Gasteiger partial charge on any atom is 0.259 e. The first-order chi connectivity index (χ1) is 15.0. The van der Waals surface area contributed by atoms with E-state index >= 15 is 0 Å². The number of aromatic nitrogens is 1. The van der Waals surface area contributed by atoms with E-state index in [1.54, 1.807) is 17.0 Å². The number of hydrogen-bond acceptors (Lipinski definition) is 4. The number of amides is 2. The molecule has 0 spiro atoms. The number of carbonyl (C=O) groups is 2. The van der Waals surface area contributed by atoms with Gasteiger partial charge in [-0.3, -0.25) is 9.59 Å². The monoisotopic (exact) mass is 422 g/mol. The molecule has 0 saturated carbocycles. The zero-order valence-electron chi connectivity index (χ0n) is 16.6. The van der Waals surface area contributed by atoms with E-state index < -0.39 is 23.1 Å². The average molecular weight is 422 g/mol. The van der Waals surface area contributed by atoms with Crippen molar-refractivity contribution >= 4 is 23.3 Å². The number of halogens is 2. The Labute approximate surface area is 177 Å². The minimum absolute atomic E-state index is 0.108. The van der Waals surface area contributed by atoms with Crippen LogP contribution in [0.1, 0.15) is 26.3 Å². The number of nitrogens with one attached hydrogen (secondary N) is 2. The van der Waals surface area contributed by atoms with Crippen LogP contribution in [-0.2, 0) is 6.42 Å². The molecule has 0 radical (unpaired) electrons. The third-order valence-corrected chi connectivity index (χ3v) is 5.05. The van der Waals surface area contributed by atoms with Crippen LogP contribution in [0.15, 0.2) is 60.8 Å². The normalized spacial score (nSPS) is 12.4. The highest BCUT2D eigenvalue weighted by Gasteiger charge is 2.25. The van der Waals surface area contributed by atoms with Gasteiger partial charge < -0.3 is 15.5 Å².